The maximum Gasteiger partial charge on any atom is 0.318 e. The molecule has 0 spiro atoms. The normalized spacial score (nSPS) is 19.6. The van der Waals surface area contributed by atoms with Crippen LogP contribution in [0, 0.1) is 5.82 Å². The first-order valence-electron chi connectivity index (χ1n) is 7.82. The van der Waals surface area contributed by atoms with E-state index in [2.05, 4.69) is 10.4 Å². The van der Waals surface area contributed by atoms with E-state index in [0.717, 1.165) is 0 Å². The molecule has 1 aliphatic rings. The smallest absolute Gasteiger partial charge is 0.318 e. The van der Waals surface area contributed by atoms with Crippen molar-refractivity contribution in [2.24, 2.45) is 7.05 Å². The lowest BCUT2D eigenvalue weighted by molar-refractivity contribution is 0.180. The molecule has 0 radical (unpaired) electrons. The first-order chi connectivity index (χ1) is 11.8. The van der Waals surface area contributed by atoms with Gasteiger partial charge < -0.3 is 10.2 Å². The summed E-state index contributed by atoms with van der Waals surface area (Å²) in [5, 5.41) is 6.79. The van der Waals surface area contributed by atoms with Gasteiger partial charge in [0.05, 0.1) is 23.7 Å². The lowest BCUT2D eigenvalue weighted by Gasteiger charge is -2.35. The maximum atomic E-state index is 13.2. The van der Waals surface area contributed by atoms with E-state index in [4.69, 9.17) is 0 Å². The minimum atomic E-state index is -3.22. The van der Waals surface area contributed by atoms with Crippen molar-refractivity contribution in [1.29, 1.82) is 0 Å². The molecule has 0 unspecified atom stereocenters. The highest BCUT2D eigenvalue weighted by Gasteiger charge is 2.35. The van der Waals surface area contributed by atoms with Crippen LogP contribution in [0.25, 0.3) is 0 Å². The number of sulfone groups is 1. The molecular formula is C16H19FN4O3S. The van der Waals surface area contributed by atoms with E-state index in [0.29, 0.717) is 11.1 Å². The summed E-state index contributed by atoms with van der Waals surface area (Å²) in [7, 11) is -1.49. The Balaban J connectivity index is 1.74. The number of urea groups is 1. The zero-order valence-corrected chi connectivity index (χ0v) is 14.5. The third-order valence-electron chi connectivity index (χ3n) is 4.13. The number of carbonyl (C=O) groups excluding carboxylic acids is 1. The molecule has 2 heterocycles. The van der Waals surface area contributed by atoms with Crippen molar-refractivity contribution in [3.63, 3.8) is 0 Å². The van der Waals surface area contributed by atoms with Crippen LogP contribution in [0.3, 0.4) is 0 Å². The van der Waals surface area contributed by atoms with Gasteiger partial charge in [0.25, 0.3) is 0 Å². The van der Waals surface area contributed by atoms with Crippen LogP contribution in [0.5, 0.6) is 0 Å². The molecule has 0 aliphatic carbocycles. The van der Waals surface area contributed by atoms with E-state index >= 15 is 0 Å². The zero-order chi connectivity index (χ0) is 18.0. The Morgan fingerprint density at radius 3 is 2.92 bits per heavy atom. The summed E-state index contributed by atoms with van der Waals surface area (Å²) in [6, 6.07) is 5.00. The summed E-state index contributed by atoms with van der Waals surface area (Å²) in [5.74, 6) is -0.576. The number of amides is 2. The Morgan fingerprint density at radius 2 is 2.24 bits per heavy atom. The second-order valence-corrected chi connectivity index (χ2v) is 8.29. The molecule has 25 heavy (non-hydrogen) atoms. The van der Waals surface area contributed by atoms with E-state index in [-0.39, 0.29) is 36.4 Å². The molecule has 1 aliphatic heterocycles. The molecule has 1 fully saturated rings. The van der Waals surface area contributed by atoms with Crippen LogP contribution in [0.15, 0.2) is 36.7 Å². The van der Waals surface area contributed by atoms with Gasteiger partial charge in [0.1, 0.15) is 5.82 Å². The fourth-order valence-corrected chi connectivity index (χ4v) is 4.36. The van der Waals surface area contributed by atoms with Crippen molar-refractivity contribution in [3.8, 4) is 0 Å². The maximum absolute atomic E-state index is 13.2. The number of hydrogen-bond acceptors (Lipinski definition) is 4. The predicted octanol–water partition coefficient (Wildman–Crippen LogP) is 1.24. The third-order valence-corrected chi connectivity index (χ3v) is 5.76. The molecule has 3 rings (SSSR count). The summed E-state index contributed by atoms with van der Waals surface area (Å²) in [4.78, 5) is 14.1. The summed E-state index contributed by atoms with van der Waals surface area (Å²) in [6.45, 7) is 0.274. The fraction of sp³-hybridized carbons (Fsp3) is 0.375. The van der Waals surface area contributed by atoms with Crippen molar-refractivity contribution in [2.75, 3.05) is 18.1 Å². The number of halogens is 1. The van der Waals surface area contributed by atoms with Crippen molar-refractivity contribution < 1.29 is 17.6 Å². The van der Waals surface area contributed by atoms with Gasteiger partial charge in [-0.3, -0.25) is 4.68 Å². The third kappa shape index (κ3) is 4.16. The van der Waals surface area contributed by atoms with Gasteiger partial charge in [-0.05, 0) is 17.7 Å². The molecule has 1 atom stereocenters. The summed E-state index contributed by atoms with van der Waals surface area (Å²) >= 11 is 0. The van der Waals surface area contributed by atoms with E-state index in [1.165, 1.54) is 17.0 Å². The molecule has 1 N–H and O–H groups in total. The first-order valence-corrected chi connectivity index (χ1v) is 9.64. The Morgan fingerprint density at radius 1 is 1.44 bits per heavy atom. The number of hydrogen-bond donors (Lipinski definition) is 1. The number of nitrogens with one attached hydrogen (secondary N) is 1. The molecule has 1 aromatic carbocycles. The van der Waals surface area contributed by atoms with E-state index in [1.807, 2.05) is 0 Å². The summed E-state index contributed by atoms with van der Waals surface area (Å²) in [6.07, 6.45) is 3.27. The average Bonchev–Trinajstić information content (AvgIpc) is 2.98. The van der Waals surface area contributed by atoms with Crippen LogP contribution >= 0.6 is 0 Å². The van der Waals surface area contributed by atoms with Gasteiger partial charge in [0.15, 0.2) is 9.84 Å². The molecule has 0 saturated carbocycles. The second kappa shape index (κ2) is 6.83. The zero-order valence-electron chi connectivity index (χ0n) is 13.7. The lowest BCUT2D eigenvalue weighted by atomic mass is 10.1. The fourth-order valence-electron chi connectivity index (χ4n) is 2.86. The molecule has 1 saturated heterocycles. The monoisotopic (exact) mass is 366 g/mol. The van der Waals surface area contributed by atoms with Gasteiger partial charge in [-0.25, -0.2) is 17.6 Å². The standard InChI is InChI=1S/C16H19FN4O3S/c1-20-10-13(9-19-20)15-11-25(23,24)6-5-21(15)16(22)18-8-12-3-2-4-14(17)7-12/h2-4,7,9-10,15H,5-6,8,11H2,1H3,(H,18,22)/t15-/m0/s1. The number of carbonyl (C=O) groups is 1. The summed E-state index contributed by atoms with van der Waals surface area (Å²) in [5.41, 5.74) is 1.31. The highest BCUT2D eigenvalue weighted by Crippen LogP contribution is 2.26. The number of nitrogens with zero attached hydrogens (tertiary/aromatic N) is 3. The van der Waals surface area contributed by atoms with Crippen molar-refractivity contribution in [1.82, 2.24) is 20.0 Å². The molecule has 134 valence electrons. The highest BCUT2D eigenvalue weighted by molar-refractivity contribution is 7.91. The van der Waals surface area contributed by atoms with Crippen LogP contribution in [0.2, 0.25) is 0 Å². The Labute approximate surface area is 145 Å². The van der Waals surface area contributed by atoms with E-state index in [1.54, 1.807) is 36.3 Å². The number of rotatable bonds is 3. The van der Waals surface area contributed by atoms with Crippen LogP contribution in [0.1, 0.15) is 17.2 Å². The molecule has 1 aromatic heterocycles. The summed E-state index contributed by atoms with van der Waals surface area (Å²) < 4.78 is 38.8. The Bertz CT molecular complexity index is 881. The Hall–Kier alpha value is -2.42. The van der Waals surface area contributed by atoms with Gasteiger partial charge in [0.2, 0.25) is 0 Å². The second-order valence-electron chi connectivity index (χ2n) is 6.06. The molecule has 9 heteroatoms. The van der Waals surface area contributed by atoms with Crippen molar-refractivity contribution in [2.45, 2.75) is 12.6 Å². The van der Waals surface area contributed by atoms with Gasteiger partial charge in [-0.2, -0.15) is 5.10 Å². The highest BCUT2D eigenvalue weighted by atomic mass is 32.2. The molecule has 2 aromatic rings. The molecule has 2 amide bonds. The number of aryl methyl sites for hydroxylation is 1. The first kappa shape index (κ1) is 17.4. The molecular weight excluding hydrogens is 347 g/mol. The minimum Gasteiger partial charge on any atom is -0.334 e. The number of aromatic nitrogens is 2. The molecule has 7 nitrogen and oxygen atoms in total. The lowest BCUT2D eigenvalue weighted by Crippen LogP contribution is -2.49. The Kier molecular flexibility index (Phi) is 4.76. The van der Waals surface area contributed by atoms with Gasteiger partial charge in [0, 0.05) is 31.9 Å². The largest absolute Gasteiger partial charge is 0.334 e. The topological polar surface area (TPSA) is 84.3 Å². The molecule has 0 bridgehead atoms. The quantitative estimate of drug-likeness (QED) is 0.886. The van der Waals surface area contributed by atoms with Gasteiger partial charge >= 0.3 is 6.03 Å². The van der Waals surface area contributed by atoms with E-state index in [9.17, 15) is 17.6 Å². The predicted molar refractivity (Wildman–Crippen MR) is 89.9 cm³/mol. The van der Waals surface area contributed by atoms with Gasteiger partial charge in [-0.15, -0.1) is 0 Å². The minimum absolute atomic E-state index is 0.0723. The van der Waals surface area contributed by atoms with E-state index < -0.39 is 15.9 Å². The SMILES string of the molecule is Cn1cc([C@@H]2CS(=O)(=O)CCN2C(=O)NCc2cccc(F)c2)cn1. The van der Waals surface area contributed by atoms with Gasteiger partial charge in [-0.1, -0.05) is 12.1 Å². The van der Waals surface area contributed by atoms with Crippen LogP contribution in [-0.2, 0) is 23.4 Å². The van der Waals surface area contributed by atoms with Crippen molar-refractivity contribution in [3.05, 3.63) is 53.6 Å². The average molecular weight is 366 g/mol. The number of benzene rings is 1. The van der Waals surface area contributed by atoms with Crippen molar-refractivity contribution >= 4 is 15.9 Å². The van der Waals surface area contributed by atoms with Crippen LogP contribution in [-0.4, -0.2) is 47.2 Å². The van der Waals surface area contributed by atoms with Crippen LogP contribution in [0.4, 0.5) is 9.18 Å². The van der Waals surface area contributed by atoms with Crippen LogP contribution < -0.4 is 5.32 Å².